The highest BCUT2D eigenvalue weighted by molar-refractivity contribution is 5.95. The summed E-state index contributed by atoms with van der Waals surface area (Å²) >= 11 is 0. The Morgan fingerprint density at radius 3 is 1.94 bits per heavy atom. The molecule has 0 bridgehead atoms. The maximum atomic E-state index is 7.32. The predicted molar refractivity (Wildman–Crippen MR) is 73.7 cm³/mol. The largest absolute Gasteiger partial charge is 0.497 e. The number of hydrogen-bond donors (Lipinski definition) is 3. The highest BCUT2D eigenvalue weighted by atomic mass is 16.5. The fourth-order valence-corrected chi connectivity index (χ4v) is 1.57. The number of ether oxygens (including phenoxy) is 1. The summed E-state index contributed by atoms with van der Waals surface area (Å²) in [5, 5.41) is 10.6. The molecule has 2 aromatic carbocycles. The first kappa shape index (κ1) is 12.0. The lowest BCUT2D eigenvalue weighted by molar-refractivity contribution is 0.415. The summed E-state index contributed by atoms with van der Waals surface area (Å²) in [7, 11) is 1.64. The zero-order chi connectivity index (χ0) is 13.0. The zero-order valence-electron chi connectivity index (χ0n) is 10.1. The minimum absolute atomic E-state index is 0.0750. The summed E-state index contributed by atoms with van der Waals surface area (Å²) in [5.74, 6) is 0.901. The van der Waals surface area contributed by atoms with E-state index in [1.54, 1.807) is 7.11 Å². The average molecular weight is 241 g/mol. The molecule has 0 aliphatic heterocycles. The number of rotatable bonds is 4. The zero-order valence-corrected chi connectivity index (χ0v) is 10.1. The van der Waals surface area contributed by atoms with E-state index in [4.69, 9.17) is 15.9 Å². The summed E-state index contributed by atoms with van der Waals surface area (Å²) in [6, 6.07) is 15.1. The van der Waals surface area contributed by atoms with Crippen LogP contribution in [0.1, 0.15) is 5.56 Å². The molecule has 0 aliphatic rings. The van der Waals surface area contributed by atoms with Crippen molar-refractivity contribution in [3.8, 4) is 5.75 Å². The van der Waals surface area contributed by atoms with Crippen LogP contribution in [0.2, 0.25) is 0 Å². The van der Waals surface area contributed by atoms with Gasteiger partial charge < -0.3 is 15.8 Å². The van der Waals surface area contributed by atoms with E-state index in [1.807, 2.05) is 48.5 Å². The van der Waals surface area contributed by atoms with Crippen molar-refractivity contribution in [2.75, 3.05) is 12.4 Å². The number of anilines is 2. The quantitative estimate of drug-likeness (QED) is 0.569. The molecule has 4 heteroatoms. The first-order valence-corrected chi connectivity index (χ1v) is 5.54. The first-order chi connectivity index (χ1) is 8.69. The van der Waals surface area contributed by atoms with Crippen LogP contribution in [0.4, 0.5) is 11.4 Å². The molecular formula is C14H15N3O. The maximum Gasteiger partial charge on any atom is 0.122 e. The second kappa shape index (κ2) is 5.23. The number of benzene rings is 2. The Kier molecular flexibility index (Phi) is 3.48. The maximum absolute atomic E-state index is 7.32. The summed E-state index contributed by atoms with van der Waals surface area (Å²) in [6.07, 6.45) is 0. The fraction of sp³-hybridized carbons (Fsp3) is 0.0714. The molecule has 4 N–H and O–H groups in total. The van der Waals surface area contributed by atoms with E-state index in [1.165, 1.54) is 0 Å². The van der Waals surface area contributed by atoms with Crippen LogP contribution in [-0.2, 0) is 0 Å². The summed E-state index contributed by atoms with van der Waals surface area (Å²) in [6.45, 7) is 0. The Labute approximate surface area is 106 Å². The van der Waals surface area contributed by atoms with E-state index in [0.29, 0.717) is 0 Å². The smallest absolute Gasteiger partial charge is 0.122 e. The molecule has 0 saturated heterocycles. The standard InChI is InChI=1S/C14H15N3O/c1-18-13-8-6-12(7-9-13)17-11-4-2-10(3-5-11)14(15)16/h2-9,17H,1H3,(H3,15,16). The highest BCUT2D eigenvalue weighted by Gasteiger charge is 1.98. The van der Waals surface area contributed by atoms with Crippen LogP contribution in [0, 0.1) is 5.41 Å². The third-order valence-corrected chi connectivity index (χ3v) is 2.57. The van der Waals surface area contributed by atoms with Crippen LogP contribution < -0.4 is 15.8 Å². The van der Waals surface area contributed by atoms with Gasteiger partial charge in [0, 0.05) is 16.9 Å². The number of nitrogens with one attached hydrogen (secondary N) is 2. The third kappa shape index (κ3) is 2.79. The summed E-state index contributed by atoms with van der Waals surface area (Å²) < 4.78 is 5.10. The molecule has 0 saturated carbocycles. The molecule has 92 valence electrons. The van der Waals surface area contributed by atoms with Crippen LogP contribution in [0.15, 0.2) is 48.5 Å². The van der Waals surface area contributed by atoms with Crippen molar-refractivity contribution in [3.05, 3.63) is 54.1 Å². The van der Waals surface area contributed by atoms with Crippen molar-refractivity contribution in [3.63, 3.8) is 0 Å². The molecule has 0 aliphatic carbocycles. The molecule has 0 heterocycles. The second-order valence-electron chi connectivity index (χ2n) is 3.84. The van der Waals surface area contributed by atoms with Crippen molar-refractivity contribution < 1.29 is 4.74 Å². The van der Waals surface area contributed by atoms with Crippen molar-refractivity contribution in [1.82, 2.24) is 0 Å². The Morgan fingerprint density at radius 1 is 1.00 bits per heavy atom. The number of amidine groups is 1. The molecule has 0 fully saturated rings. The molecule has 0 amide bonds. The topological polar surface area (TPSA) is 71.1 Å². The minimum atomic E-state index is 0.0750. The summed E-state index contributed by atoms with van der Waals surface area (Å²) in [5.41, 5.74) is 8.04. The van der Waals surface area contributed by atoms with Crippen molar-refractivity contribution >= 4 is 17.2 Å². The lowest BCUT2D eigenvalue weighted by atomic mass is 10.2. The monoisotopic (exact) mass is 241 g/mol. The van der Waals surface area contributed by atoms with E-state index >= 15 is 0 Å². The fourth-order valence-electron chi connectivity index (χ4n) is 1.57. The van der Waals surface area contributed by atoms with Gasteiger partial charge in [0.15, 0.2) is 0 Å². The molecule has 0 atom stereocenters. The molecular weight excluding hydrogens is 226 g/mol. The van der Waals surface area contributed by atoms with Crippen molar-refractivity contribution in [1.29, 1.82) is 5.41 Å². The van der Waals surface area contributed by atoms with E-state index in [0.717, 1.165) is 22.7 Å². The summed E-state index contributed by atoms with van der Waals surface area (Å²) in [4.78, 5) is 0. The van der Waals surface area contributed by atoms with Crippen molar-refractivity contribution in [2.45, 2.75) is 0 Å². The molecule has 0 radical (unpaired) electrons. The Hall–Kier alpha value is -2.49. The Balaban J connectivity index is 2.10. The number of nitrogens with two attached hydrogens (primary N) is 1. The second-order valence-corrected chi connectivity index (χ2v) is 3.84. The van der Waals surface area contributed by atoms with Crippen LogP contribution in [0.25, 0.3) is 0 Å². The van der Waals surface area contributed by atoms with Crippen LogP contribution >= 0.6 is 0 Å². The van der Waals surface area contributed by atoms with Gasteiger partial charge in [-0.2, -0.15) is 0 Å². The van der Waals surface area contributed by atoms with E-state index in [9.17, 15) is 0 Å². The number of nitrogen functional groups attached to an aromatic ring is 1. The van der Waals surface area contributed by atoms with Gasteiger partial charge in [-0.15, -0.1) is 0 Å². The van der Waals surface area contributed by atoms with Gasteiger partial charge >= 0.3 is 0 Å². The first-order valence-electron chi connectivity index (χ1n) is 5.54. The van der Waals surface area contributed by atoms with E-state index in [-0.39, 0.29) is 5.84 Å². The lowest BCUT2D eigenvalue weighted by Gasteiger charge is -2.08. The Bertz CT molecular complexity index is 532. The van der Waals surface area contributed by atoms with E-state index < -0.39 is 0 Å². The number of hydrogen-bond acceptors (Lipinski definition) is 3. The minimum Gasteiger partial charge on any atom is -0.497 e. The molecule has 4 nitrogen and oxygen atoms in total. The van der Waals surface area contributed by atoms with Crippen molar-refractivity contribution in [2.24, 2.45) is 5.73 Å². The normalized spacial score (nSPS) is 9.83. The average Bonchev–Trinajstić information content (AvgIpc) is 2.40. The molecule has 0 aromatic heterocycles. The van der Waals surface area contributed by atoms with Crippen LogP contribution in [0.5, 0.6) is 5.75 Å². The lowest BCUT2D eigenvalue weighted by Crippen LogP contribution is -2.10. The highest BCUT2D eigenvalue weighted by Crippen LogP contribution is 2.20. The predicted octanol–water partition coefficient (Wildman–Crippen LogP) is 2.72. The number of methoxy groups -OCH3 is 1. The SMILES string of the molecule is COc1ccc(Nc2ccc(C(=N)N)cc2)cc1. The van der Waals surface area contributed by atoms with Crippen LogP contribution in [0.3, 0.4) is 0 Å². The van der Waals surface area contributed by atoms with Gasteiger partial charge in [-0.25, -0.2) is 0 Å². The third-order valence-electron chi connectivity index (χ3n) is 2.57. The molecule has 0 unspecified atom stereocenters. The Morgan fingerprint density at radius 2 is 1.50 bits per heavy atom. The van der Waals surface area contributed by atoms with Gasteiger partial charge in [-0.3, -0.25) is 5.41 Å². The van der Waals surface area contributed by atoms with Gasteiger partial charge in [0.1, 0.15) is 11.6 Å². The molecule has 2 rings (SSSR count). The van der Waals surface area contributed by atoms with E-state index in [2.05, 4.69) is 5.32 Å². The van der Waals surface area contributed by atoms with Crippen LogP contribution in [-0.4, -0.2) is 12.9 Å². The van der Waals surface area contributed by atoms with Gasteiger partial charge in [0.2, 0.25) is 0 Å². The van der Waals surface area contributed by atoms with Gasteiger partial charge in [-0.05, 0) is 48.5 Å². The molecule has 2 aromatic rings. The van der Waals surface area contributed by atoms with Gasteiger partial charge in [-0.1, -0.05) is 0 Å². The molecule has 0 spiro atoms. The van der Waals surface area contributed by atoms with Gasteiger partial charge in [0.05, 0.1) is 7.11 Å². The van der Waals surface area contributed by atoms with Gasteiger partial charge in [0.25, 0.3) is 0 Å². The molecule has 18 heavy (non-hydrogen) atoms.